The fraction of sp³-hybridized carbons (Fsp3) is 0.538. The second kappa shape index (κ2) is 5.16. The number of rotatable bonds is 0. The molecule has 2 rings (SSSR count). The lowest BCUT2D eigenvalue weighted by Gasteiger charge is -2.25. The van der Waals surface area contributed by atoms with Gasteiger partial charge in [-0.1, -0.05) is 32.0 Å². The van der Waals surface area contributed by atoms with Crippen molar-refractivity contribution in [2.75, 3.05) is 6.54 Å². The second-order valence-corrected chi connectivity index (χ2v) is 3.57. The second-order valence-electron chi connectivity index (χ2n) is 3.57. The summed E-state index contributed by atoms with van der Waals surface area (Å²) in [5.41, 5.74) is 4.49. The minimum Gasteiger partial charge on any atom is -0.310 e. The molecule has 0 radical (unpaired) electrons. The third-order valence-corrected chi connectivity index (χ3v) is 2.74. The Bertz CT molecular complexity index is 291. The maximum Gasteiger partial charge on any atom is 0.0294 e. The van der Waals surface area contributed by atoms with Crippen molar-refractivity contribution in [2.24, 2.45) is 0 Å². The Morgan fingerprint density at radius 1 is 1.29 bits per heavy atom. The summed E-state index contributed by atoms with van der Waals surface area (Å²) in [7, 11) is 0. The molecule has 0 saturated heterocycles. The molecule has 1 heteroatoms. The topological polar surface area (TPSA) is 12.0 Å². The lowest BCUT2D eigenvalue weighted by molar-refractivity contribution is 0.539. The summed E-state index contributed by atoms with van der Waals surface area (Å²) in [5, 5.41) is 3.47. The molecule has 1 aliphatic rings. The third kappa shape index (κ3) is 2.16. The largest absolute Gasteiger partial charge is 0.310 e. The van der Waals surface area contributed by atoms with Gasteiger partial charge in [0.2, 0.25) is 0 Å². The zero-order chi connectivity index (χ0) is 10.6. The SMILES string of the molecule is CC.Cc1cccc2c1CCNC2C. The standard InChI is InChI=1S/C11H15N.C2H6/c1-8-4-3-5-11-9(2)12-7-6-10(8)11;1-2/h3-5,9,12H,6-7H2,1-2H3;1-2H3. The molecule has 1 heterocycles. The molecular weight excluding hydrogens is 170 g/mol. The van der Waals surface area contributed by atoms with E-state index in [-0.39, 0.29) is 0 Å². The molecule has 0 fully saturated rings. The average molecular weight is 191 g/mol. The molecule has 0 aliphatic carbocycles. The first kappa shape index (κ1) is 11.3. The van der Waals surface area contributed by atoms with Crippen molar-refractivity contribution < 1.29 is 0 Å². The Kier molecular flexibility index (Phi) is 4.15. The monoisotopic (exact) mass is 191 g/mol. The first-order valence-electron chi connectivity index (χ1n) is 5.61. The highest BCUT2D eigenvalue weighted by Crippen LogP contribution is 2.24. The summed E-state index contributed by atoms with van der Waals surface area (Å²) in [5.74, 6) is 0. The van der Waals surface area contributed by atoms with Crippen molar-refractivity contribution in [1.82, 2.24) is 5.32 Å². The third-order valence-electron chi connectivity index (χ3n) is 2.74. The van der Waals surface area contributed by atoms with Gasteiger partial charge in [-0.25, -0.2) is 0 Å². The van der Waals surface area contributed by atoms with Gasteiger partial charge in [0.05, 0.1) is 0 Å². The number of hydrogen-bond acceptors (Lipinski definition) is 1. The van der Waals surface area contributed by atoms with E-state index < -0.39 is 0 Å². The molecule has 0 amide bonds. The molecule has 0 bridgehead atoms. The first-order valence-corrected chi connectivity index (χ1v) is 5.61. The van der Waals surface area contributed by atoms with E-state index in [0.717, 1.165) is 6.54 Å². The number of nitrogens with one attached hydrogen (secondary N) is 1. The van der Waals surface area contributed by atoms with Crippen molar-refractivity contribution in [2.45, 2.75) is 40.2 Å². The Hall–Kier alpha value is -0.820. The molecule has 1 nitrogen and oxygen atoms in total. The summed E-state index contributed by atoms with van der Waals surface area (Å²) in [6, 6.07) is 7.13. The number of benzene rings is 1. The van der Waals surface area contributed by atoms with Crippen molar-refractivity contribution in [3.8, 4) is 0 Å². The number of fused-ring (bicyclic) bond motifs is 1. The molecular formula is C13H21N. The van der Waals surface area contributed by atoms with E-state index >= 15 is 0 Å². The smallest absolute Gasteiger partial charge is 0.0294 e. The Morgan fingerprint density at radius 2 is 2.00 bits per heavy atom. The van der Waals surface area contributed by atoms with E-state index in [0.29, 0.717) is 6.04 Å². The van der Waals surface area contributed by atoms with Gasteiger partial charge in [0.25, 0.3) is 0 Å². The first-order chi connectivity index (χ1) is 6.79. The van der Waals surface area contributed by atoms with Gasteiger partial charge in [-0.2, -0.15) is 0 Å². The molecule has 78 valence electrons. The zero-order valence-electron chi connectivity index (χ0n) is 9.72. The highest BCUT2D eigenvalue weighted by atomic mass is 14.9. The van der Waals surface area contributed by atoms with Crippen molar-refractivity contribution in [1.29, 1.82) is 0 Å². The van der Waals surface area contributed by atoms with Gasteiger partial charge < -0.3 is 5.32 Å². The van der Waals surface area contributed by atoms with E-state index in [1.807, 2.05) is 13.8 Å². The van der Waals surface area contributed by atoms with Crippen LogP contribution in [-0.4, -0.2) is 6.54 Å². The van der Waals surface area contributed by atoms with Crippen molar-refractivity contribution >= 4 is 0 Å². The van der Waals surface area contributed by atoms with Crippen LogP contribution in [-0.2, 0) is 6.42 Å². The van der Waals surface area contributed by atoms with Crippen LogP contribution in [0.5, 0.6) is 0 Å². The quantitative estimate of drug-likeness (QED) is 0.664. The molecule has 1 aromatic rings. The highest BCUT2D eigenvalue weighted by Gasteiger charge is 2.15. The van der Waals surface area contributed by atoms with Crippen LogP contribution in [0.4, 0.5) is 0 Å². The average Bonchev–Trinajstić information content (AvgIpc) is 2.23. The van der Waals surface area contributed by atoms with Crippen LogP contribution >= 0.6 is 0 Å². The van der Waals surface area contributed by atoms with E-state index in [1.54, 1.807) is 5.56 Å². The summed E-state index contributed by atoms with van der Waals surface area (Å²) in [6.45, 7) is 9.56. The van der Waals surface area contributed by atoms with Gasteiger partial charge in [-0.3, -0.25) is 0 Å². The lowest BCUT2D eigenvalue weighted by Crippen LogP contribution is -2.28. The van der Waals surface area contributed by atoms with Crippen LogP contribution in [0, 0.1) is 6.92 Å². The van der Waals surface area contributed by atoms with Crippen LogP contribution in [0.1, 0.15) is 43.5 Å². The summed E-state index contributed by atoms with van der Waals surface area (Å²) >= 11 is 0. The van der Waals surface area contributed by atoms with E-state index in [4.69, 9.17) is 0 Å². The van der Waals surface area contributed by atoms with E-state index in [1.165, 1.54) is 17.5 Å². The molecule has 0 spiro atoms. The van der Waals surface area contributed by atoms with Crippen LogP contribution in [0.3, 0.4) is 0 Å². The van der Waals surface area contributed by atoms with Gasteiger partial charge in [0, 0.05) is 6.04 Å². The van der Waals surface area contributed by atoms with E-state index in [9.17, 15) is 0 Å². The fourth-order valence-corrected chi connectivity index (χ4v) is 2.00. The number of hydrogen-bond donors (Lipinski definition) is 1. The molecule has 1 aromatic carbocycles. The lowest BCUT2D eigenvalue weighted by atomic mass is 9.92. The Labute approximate surface area is 87.5 Å². The van der Waals surface area contributed by atoms with Gasteiger partial charge in [0.1, 0.15) is 0 Å². The van der Waals surface area contributed by atoms with Gasteiger partial charge >= 0.3 is 0 Å². The van der Waals surface area contributed by atoms with Crippen molar-refractivity contribution in [3.05, 3.63) is 34.9 Å². The summed E-state index contributed by atoms with van der Waals surface area (Å²) in [6.07, 6.45) is 1.19. The van der Waals surface area contributed by atoms with E-state index in [2.05, 4.69) is 37.4 Å². The Balaban J connectivity index is 0.000000461. The minimum absolute atomic E-state index is 0.536. The van der Waals surface area contributed by atoms with Crippen LogP contribution in [0.2, 0.25) is 0 Å². The summed E-state index contributed by atoms with van der Waals surface area (Å²) in [4.78, 5) is 0. The highest BCUT2D eigenvalue weighted by molar-refractivity contribution is 5.38. The van der Waals surface area contributed by atoms with Gasteiger partial charge in [0.15, 0.2) is 0 Å². The van der Waals surface area contributed by atoms with Gasteiger partial charge in [-0.15, -0.1) is 0 Å². The molecule has 0 saturated carbocycles. The van der Waals surface area contributed by atoms with Gasteiger partial charge in [-0.05, 0) is 43.5 Å². The number of aryl methyl sites for hydroxylation is 1. The summed E-state index contributed by atoms with van der Waals surface area (Å²) < 4.78 is 0. The maximum atomic E-state index is 3.47. The zero-order valence-corrected chi connectivity index (χ0v) is 9.72. The predicted molar refractivity (Wildman–Crippen MR) is 62.6 cm³/mol. The minimum atomic E-state index is 0.536. The van der Waals surface area contributed by atoms with Crippen molar-refractivity contribution in [3.63, 3.8) is 0 Å². The fourth-order valence-electron chi connectivity index (χ4n) is 2.00. The molecule has 1 unspecified atom stereocenters. The molecule has 1 atom stereocenters. The molecule has 14 heavy (non-hydrogen) atoms. The Morgan fingerprint density at radius 3 is 2.64 bits per heavy atom. The maximum absolute atomic E-state index is 3.47. The molecule has 1 aliphatic heterocycles. The van der Waals surface area contributed by atoms with Crippen LogP contribution < -0.4 is 5.32 Å². The van der Waals surface area contributed by atoms with Crippen LogP contribution in [0.15, 0.2) is 18.2 Å². The molecule has 1 N–H and O–H groups in total. The molecule has 0 aromatic heterocycles. The van der Waals surface area contributed by atoms with Crippen LogP contribution in [0.25, 0.3) is 0 Å². The normalized spacial score (nSPS) is 19.3. The predicted octanol–water partition coefficient (Wildman–Crippen LogP) is 3.23.